The number of methoxy groups -OCH3 is 1. The number of carboxylic acid groups (broad SMARTS) is 1. The third kappa shape index (κ3) is 11.6. The van der Waals surface area contributed by atoms with Crippen LogP contribution in [0.2, 0.25) is 18.1 Å². The van der Waals surface area contributed by atoms with Crippen molar-refractivity contribution in [3.8, 4) is 5.75 Å². The summed E-state index contributed by atoms with van der Waals surface area (Å²) in [5, 5.41) is 9.40. The van der Waals surface area contributed by atoms with Crippen LogP contribution in [0.15, 0.2) is 60.7 Å². The molecule has 1 saturated carbocycles. The van der Waals surface area contributed by atoms with E-state index in [9.17, 15) is 14.7 Å². The van der Waals surface area contributed by atoms with E-state index in [1.165, 1.54) is 12.2 Å². The van der Waals surface area contributed by atoms with E-state index in [-0.39, 0.29) is 29.8 Å². The van der Waals surface area contributed by atoms with E-state index in [0.717, 1.165) is 11.6 Å². The Labute approximate surface area is 276 Å². The Morgan fingerprint density at radius 2 is 1.76 bits per heavy atom. The van der Waals surface area contributed by atoms with Gasteiger partial charge < -0.3 is 19.0 Å². The number of rotatable bonds is 18. The maximum Gasteiger partial charge on any atom is 0.306 e. The SMILES string of the molecule is CCC=CC(F)(F)C(C=C[C@H]1[C@H](O[Si](C)(C)C(C)(C)C)CC(=O)[C@@H]1CC=CCCC(C(=O)O)C(C)C)OCc1ccc(OC)cc1. The second-order valence-corrected chi connectivity index (χ2v) is 19.0. The van der Waals surface area contributed by atoms with Gasteiger partial charge in [0.1, 0.15) is 17.6 Å². The molecule has 1 aliphatic rings. The average Bonchev–Trinajstić information content (AvgIpc) is 3.25. The zero-order valence-electron chi connectivity index (χ0n) is 29.2. The molecule has 0 saturated heterocycles. The molecular weight excluding hydrogens is 606 g/mol. The smallest absolute Gasteiger partial charge is 0.306 e. The van der Waals surface area contributed by atoms with Gasteiger partial charge in [0.05, 0.1) is 25.7 Å². The van der Waals surface area contributed by atoms with Crippen LogP contribution in [-0.2, 0) is 25.4 Å². The van der Waals surface area contributed by atoms with Crippen molar-refractivity contribution < 1.29 is 37.4 Å². The molecule has 0 bridgehead atoms. The van der Waals surface area contributed by atoms with Gasteiger partial charge in [-0.25, -0.2) is 0 Å². The monoisotopic (exact) mass is 662 g/mol. The zero-order valence-corrected chi connectivity index (χ0v) is 30.2. The van der Waals surface area contributed by atoms with E-state index in [0.29, 0.717) is 31.4 Å². The Balaban J connectivity index is 2.37. The van der Waals surface area contributed by atoms with E-state index >= 15 is 8.78 Å². The molecule has 2 unspecified atom stereocenters. The molecular formula is C37H56F2O6Si. The van der Waals surface area contributed by atoms with Crippen LogP contribution in [0, 0.1) is 23.7 Å². The van der Waals surface area contributed by atoms with Crippen LogP contribution in [0.4, 0.5) is 8.78 Å². The van der Waals surface area contributed by atoms with Gasteiger partial charge in [-0.15, -0.1) is 0 Å². The van der Waals surface area contributed by atoms with Crippen molar-refractivity contribution in [2.75, 3.05) is 7.11 Å². The van der Waals surface area contributed by atoms with Crippen LogP contribution in [0.1, 0.15) is 79.2 Å². The first-order valence-electron chi connectivity index (χ1n) is 16.5. The minimum absolute atomic E-state index is 0.0234. The van der Waals surface area contributed by atoms with E-state index in [1.54, 1.807) is 44.4 Å². The van der Waals surface area contributed by atoms with Crippen LogP contribution in [0.3, 0.4) is 0 Å². The molecule has 0 radical (unpaired) electrons. The largest absolute Gasteiger partial charge is 0.497 e. The topological polar surface area (TPSA) is 82.1 Å². The number of carbonyl (C=O) groups is 2. The van der Waals surface area contributed by atoms with Gasteiger partial charge in [-0.2, -0.15) is 8.78 Å². The molecule has 9 heteroatoms. The maximum absolute atomic E-state index is 15.5. The standard InChI is InChI=1S/C37H56F2O6Si/c1-10-11-23-37(38,39)34(44-25-27-17-19-28(43-7)20-18-27)22-21-31-30(16-14-12-13-15-29(26(2)3)35(41)42)32(40)24-33(31)45-46(8,9)36(4,5)6/h11-12,14,17-23,26,29-31,33-34H,10,13,15-16,24-25H2,1-9H3,(H,41,42)/t29?,30-,31-,33-,34?/m1/s1. The van der Waals surface area contributed by atoms with E-state index < -0.39 is 50.2 Å². The van der Waals surface area contributed by atoms with Crippen LogP contribution in [0.5, 0.6) is 5.75 Å². The molecule has 1 aromatic rings. The number of hydrogen-bond donors (Lipinski definition) is 1. The fourth-order valence-corrected chi connectivity index (χ4v) is 6.71. The summed E-state index contributed by atoms with van der Waals surface area (Å²) >= 11 is 0. The number of carbonyl (C=O) groups excluding carboxylic acids is 1. The summed E-state index contributed by atoms with van der Waals surface area (Å²) in [5.74, 6) is -4.64. The Hall–Kier alpha value is -2.62. The summed E-state index contributed by atoms with van der Waals surface area (Å²) in [7, 11) is -0.724. The number of ether oxygens (including phenoxy) is 2. The third-order valence-electron chi connectivity index (χ3n) is 9.34. The lowest BCUT2D eigenvalue weighted by Crippen LogP contribution is -2.45. The molecule has 0 spiro atoms. The Morgan fingerprint density at radius 3 is 2.30 bits per heavy atom. The van der Waals surface area contributed by atoms with Gasteiger partial charge in [0.15, 0.2) is 8.32 Å². The highest BCUT2D eigenvalue weighted by atomic mass is 28.4. The third-order valence-corrected chi connectivity index (χ3v) is 13.8. The molecule has 1 aliphatic carbocycles. The highest BCUT2D eigenvalue weighted by molar-refractivity contribution is 6.74. The van der Waals surface area contributed by atoms with E-state index in [4.69, 9.17) is 13.9 Å². The highest BCUT2D eigenvalue weighted by Gasteiger charge is 2.47. The Kier molecular flexibility index (Phi) is 15.1. The molecule has 6 nitrogen and oxygen atoms in total. The van der Waals surface area contributed by atoms with Gasteiger partial charge in [-0.1, -0.05) is 84.1 Å². The minimum Gasteiger partial charge on any atom is -0.497 e. The van der Waals surface area contributed by atoms with Crippen LogP contribution in [0.25, 0.3) is 0 Å². The second kappa shape index (κ2) is 17.5. The number of carboxylic acids is 1. The molecule has 46 heavy (non-hydrogen) atoms. The minimum atomic E-state index is -3.27. The summed E-state index contributed by atoms with van der Waals surface area (Å²) < 4.78 is 48.8. The quantitative estimate of drug-likeness (QED) is 0.125. The summed E-state index contributed by atoms with van der Waals surface area (Å²) in [6.07, 6.45) is 9.51. The van der Waals surface area contributed by atoms with Crippen molar-refractivity contribution in [2.45, 2.75) is 117 Å². The van der Waals surface area contributed by atoms with Crippen LogP contribution in [-0.4, -0.2) is 50.4 Å². The molecule has 0 aromatic heterocycles. The number of hydrogen-bond acceptors (Lipinski definition) is 5. The predicted octanol–water partition coefficient (Wildman–Crippen LogP) is 9.42. The molecule has 1 fully saturated rings. The average molecular weight is 663 g/mol. The number of allylic oxidation sites excluding steroid dienone is 3. The number of aliphatic carboxylic acids is 1. The number of benzene rings is 1. The lowest BCUT2D eigenvalue weighted by molar-refractivity contribution is -0.143. The molecule has 5 atom stereocenters. The number of halogens is 2. The molecule has 1 aromatic carbocycles. The number of ketones is 1. The molecule has 2 rings (SSSR count). The number of alkyl halides is 2. The molecule has 0 heterocycles. The zero-order chi connectivity index (χ0) is 34.7. The predicted molar refractivity (Wildman–Crippen MR) is 183 cm³/mol. The Bertz CT molecular complexity index is 1200. The summed E-state index contributed by atoms with van der Waals surface area (Å²) in [4.78, 5) is 25.0. The van der Waals surface area contributed by atoms with Gasteiger partial charge in [0.25, 0.3) is 5.92 Å². The summed E-state index contributed by atoms with van der Waals surface area (Å²) in [6.45, 7) is 16.2. The maximum atomic E-state index is 15.5. The summed E-state index contributed by atoms with van der Waals surface area (Å²) in [5.41, 5.74) is 0.732. The Morgan fingerprint density at radius 1 is 1.11 bits per heavy atom. The first-order chi connectivity index (χ1) is 21.4. The molecule has 258 valence electrons. The van der Waals surface area contributed by atoms with Crippen LogP contribution < -0.4 is 4.74 Å². The lowest BCUT2D eigenvalue weighted by atomic mass is 9.89. The number of Topliss-reactive ketones (excluding diaryl/α,β-unsaturated/α-hetero) is 1. The van der Waals surface area contributed by atoms with Gasteiger partial charge >= 0.3 is 5.97 Å². The molecule has 0 amide bonds. The van der Waals surface area contributed by atoms with Gasteiger partial charge in [0.2, 0.25) is 0 Å². The summed E-state index contributed by atoms with van der Waals surface area (Å²) in [6, 6.07) is 7.07. The van der Waals surface area contributed by atoms with Crippen molar-refractivity contribution in [1.82, 2.24) is 0 Å². The molecule has 0 aliphatic heterocycles. The van der Waals surface area contributed by atoms with E-state index in [1.807, 2.05) is 26.0 Å². The fraction of sp³-hybridized carbons (Fsp3) is 0.622. The van der Waals surface area contributed by atoms with Crippen molar-refractivity contribution >= 4 is 20.1 Å². The fourth-order valence-electron chi connectivity index (χ4n) is 5.36. The first-order valence-corrected chi connectivity index (χ1v) is 19.4. The second-order valence-electron chi connectivity index (χ2n) is 14.2. The van der Waals surface area contributed by atoms with Crippen molar-refractivity contribution in [2.24, 2.45) is 23.7 Å². The molecule has 1 N–H and O–H groups in total. The van der Waals surface area contributed by atoms with Crippen molar-refractivity contribution in [1.29, 1.82) is 0 Å². The van der Waals surface area contributed by atoms with Crippen LogP contribution >= 0.6 is 0 Å². The van der Waals surface area contributed by atoms with Crippen molar-refractivity contribution in [3.05, 3.63) is 66.3 Å². The van der Waals surface area contributed by atoms with Gasteiger partial charge in [0, 0.05) is 18.3 Å². The van der Waals surface area contributed by atoms with Gasteiger partial charge in [-0.05, 0) is 73.5 Å². The van der Waals surface area contributed by atoms with Crippen molar-refractivity contribution in [3.63, 3.8) is 0 Å². The van der Waals surface area contributed by atoms with Gasteiger partial charge in [-0.3, -0.25) is 9.59 Å². The normalized spacial score (nSPS) is 21.2. The first kappa shape index (κ1) is 39.6. The highest BCUT2D eigenvalue weighted by Crippen LogP contribution is 2.43. The van der Waals surface area contributed by atoms with E-state index in [2.05, 4.69) is 33.9 Å². The lowest BCUT2D eigenvalue weighted by Gasteiger charge is -2.39.